The summed E-state index contributed by atoms with van der Waals surface area (Å²) in [5, 5.41) is 0. The van der Waals surface area contributed by atoms with E-state index in [0.717, 1.165) is 18.9 Å². The quantitative estimate of drug-likeness (QED) is 0.712. The van der Waals surface area contributed by atoms with Crippen molar-refractivity contribution < 1.29 is 4.74 Å². The van der Waals surface area contributed by atoms with E-state index in [9.17, 15) is 0 Å². The molecule has 0 radical (unpaired) electrons. The van der Waals surface area contributed by atoms with Crippen molar-refractivity contribution in [1.29, 1.82) is 0 Å². The lowest BCUT2D eigenvalue weighted by atomic mass is 9.86. The van der Waals surface area contributed by atoms with Crippen LogP contribution in [-0.4, -0.2) is 19.8 Å². The normalized spacial score (nSPS) is 23.3. The van der Waals surface area contributed by atoms with Gasteiger partial charge in [-0.1, -0.05) is 25.7 Å². The Hall–Kier alpha value is -0.0800. The highest BCUT2D eigenvalue weighted by atomic mass is 16.5. The molecule has 0 amide bonds. The molecule has 0 aliphatic heterocycles. The second-order valence-corrected chi connectivity index (χ2v) is 4.32. The summed E-state index contributed by atoms with van der Waals surface area (Å²) >= 11 is 0. The maximum atomic E-state index is 5.80. The van der Waals surface area contributed by atoms with Gasteiger partial charge in [0.2, 0.25) is 0 Å². The summed E-state index contributed by atoms with van der Waals surface area (Å²) in [6.07, 6.45) is 7.09. The smallest absolute Gasteiger partial charge is 0.0546 e. The topological polar surface area (TPSA) is 35.2 Å². The molecule has 13 heavy (non-hydrogen) atoms. The fourth-order valence-electron chi connectivity index (χ4n) is 2.43. The highest BCUT2D eigenvalue weighted by Crippen LogP contribution is 2.33. The van der Waals surface area contributed by atoms with Gasteiger partial charge in [-0.3, -0.25) is 0 Å². The SMILES string of the molecule is COC(C)CC(CN)C1CCCC1. The molecular weight excluding hydrogens is 162 g/mol. The molecule has 2 unspecified atom stereocenters. The highest BCUT2D eigenvalue weighted by Gasteiger charge is 2.25. The zero-order valence-corrected chi connectivity index (χ0v) is 8.96. The van der Waals surface area contributed by atoms with Gasteiger partial charge in [0.15, 0.2) is 0 Å². The Morgan fingerprint density at radius 3 is 2.46 bits per heavy atom. The van der Waals surface area contributed by atoms with Crippen LogP contribution in [0.3, 0.4) is 0 Å². The predicted molar refractivity (Wildman–Crippen MR) is 55.6 cm³/mol. The maximum absolute atomic E-state index is 5.80. The molecule has 0 aromatic rings. The molecule has 0 aromatic heterocycles. The molecule has 2 nitrogen and oxygen atoms in total. The minimum Gasteiger partial charge on any atom is -0.382 e. The van der Waals surface area contributed by atoms with Crippen LogP contribution in [0.1, 0.15) is 39.0 Å². The number of nitrogens with two attached hydrogens (primary N) is 1. The van der Waals surface area contributed by atoms with E-state index < -0.39 is 0 Å². The Morgan fingerprint density at radius 2 is 2.00 bits per heavy atom. The number of hydrogen-bond acceptors (Lipinski definition) is 2. The minimum absolute atomic E-state index is 0.370. The van der Waals surface area contributed by atoms with Crippen molar-refractivity contribution in [3.8, 4) is 0 Å². The van der Waals surface area contributed by atoms with Gasteiger partial charge in [-0.2, -0.15) is 0 Å². The summed E-state index contributed by atoms with van der Waals surface area (Å²) in [5.41, 5.74) is 5.80. The molecule has 1 rings (SSSR count). The summed E-state index contributed by atoms with van der Waals surface area (Å²) < 4.78 is 5.29. The lowest BCUT2D eigenvalue weighted by Gasteiger charge is -2.24. The summed E-state index contributed by atoms with van der Waals surface area (Å²) in [5.74, 6) is 1.57. The highest BCUT2D eigenvalue weighted by molar-refractivity contribution is 4.77. The first-order chi connectivity index (χ1) is 6.27. The molecular formula is C11H23NO. The van der Waals surface area contributed by atoms with Crippen molar-refractivity contribution in [2.24, 2.45) is 17.6 Å². The molecule has 0 heterocycles. The summed E-state index contributed by atoms with van der Waals surface area (Å²) in [6.45, 7) is 2.97. The fourth-order valence-corrected chi connectivity index (χ4v) is 2.43. The molecule has 1 aliphatic rings. The van der Waals surface area contributed by atoms with Crippen LogP contribution < -0.4 is 5.73 Å². The monoisotopic (exact) mass is 185 g/mol. The Bertz CT molecular complexity index is 132. The van der Waals surface area contributed by atoms with E-state index >= 15 is 0 Å². The molecule has 1 fully saturated rings. The third-order valence-corrected chi connectivity index (χ3v) is 3.41. The Balaban J connectivity index is 2.32. The van der Waals surface area contributed by atoms with E-state index in [0.29, 0.717) is 12.0 Å². The van der Waals surface area contributed by atoms with Gasteiger partial charge in [0.05, 0.1) is 6.10 Å². The van der Waals surface area contributed by atoms with Gasteiger partial charge in [-0.15, -0.1) is 0 Å². The zero-order chi connectivity index (χ0) is 9.68. The second kappa shape index (κ2) is 5.61. The molecule has 0 spiro atoms. The van der Waals surface area contributed by atoms with E-state index in [1.807, 2.05) is 0 Å². The van der Waals surface area contributed by atoms with Crippen LogP contribution in [0.4, 0.5) is 0 Å². The van der Waals surface area contributed by atoms with Crippen molar-refractivity contribution >= 4 is 0 Å². The summed E-state index contributed by atoms with van der Waals surface area (Å²) in [4.78, 5) is 0. The van der Waals surface area contributed by atoms with Gasteiger partial charge in [-0.25, -0.2) is 0 Å². The lowest BCUT2D eigenvalue weighted by Crippen LogP contribution is -2.26. The van der Waals surface area contributed by atoms with Crippen molar-refractivity contribution in [2.45, 2.75) is 45.1 Å². The fraction of sp³-hybridized carbons (Fsp3) is 1.00. The average Bonchev–Trinajstić information content (AvgIpc) is 2.66. The predicted octanol–water partition coefficient (Wildman–Crippen LogP) is 2.18. The molecule has 2 atom stereocenters. The second-order valence-electron chi connectivity index (χ2n) is 4.32. The molecule has 1 saturated carbocycles. The minimum atomic E-state index is 0.370. The Kier molecular flexibility index (Phi) is 4.74. The largest absolute Gasteiger partial charge is 0.382 e. The van der Waals surface area contributed by atoms with Crippen LogP contribution in [0.2, 0.25) is 0 Å². The first kappa shape index (κ1) is 11.0. The lowest BCUT2D eigenvalue weighted by molar-refractivity contribution is 0.0854. The van der Waals surface area contributed by atoms with Crippen LogP contribution in [-0.2, 0) is 4.74 Å². The van der Waals surface area contributed by atoms with Gasteiger partial charge in [0, 0.05) is 7.11 Å². The van der Waals surface area contributed by atoms with Crippen LogP contribution in [0, 0.1) is 11.8 Å². The molecule has 78 valence electrons. The van der Waals surface area contributed by atoms with Gasteiger partial charge in [-0.05, 0) is 31.7 Å². The van der Waals surface area contributed by atoms with Crippen LogP contribution in [0.15, 0.2) is 0 Å². The Labute approximate surface area is 81.8 Å². The van der Waals surface area contributed by atoms with Crippen LogP contribution >= 0.6 is 0 Å². The number of hydrogen-bond donors (Lipinski definition) is 1. The molecule has 0 aromatic carbocycles. The zero-order valence-electron chi connectivity index (χ0n) is 8.96. The van der Waals surface area contributed by atoms with Crippen LogP contribution in [0.25, 0.3) is 0 Å². The molecule has 0 saturated heterocycles. The number of rotatable bonds is 5. The number of ether oxygens (including phenoxy) is 1. The van der Waals surface area contributed by atoms with E-state index in [1.54, 1.807) is 7.11 Å². The van der Waals surface area contributed by atoms with Crippen molar-refractivity contribution in [2.75, 3.05) is 13.7 Å². The standard InChI is InChI=1S/C11H23NO/c1-9(13-2)7-11(8-12)10-5-3-4-6-10/h9-11H,3-8,12H2,1-2H3. The van der Waals surface area contributed by atoms with Crippen molar-refractivity contribution in [1.82, 2.24) is 0 Å². The molecule has 2 N–H and O–H groups in total. The van der Waals surface area contributed by atoms with Crippen LogP contribution in [0.5, 0.6) is 0 Å². The van der Waals surface area contributed by atoms with E-state index in [4.69, 9.17) is 10.5 Å². The maximum Gasteiger partial charge on any atom is 0.0546 e. The Morgan fingerprint density at radius 1 is 1.38 bits per heavy atom. The van der Waals surface area contributed by atoms with E-state index in [1.165, 1.54) is 25.7 Å². The molecule has 2 heteroatoms. The first-order valence-electron chi connectivity index (χ1n) is 5.50. The van der Waals surface area contributed by atoms with Gasteiger partial charge < -0.3 is 10.5 Å². The van der Waals surface area contributed by atoms with Crippen molar-refractivity contribution in [3.63, 3.8) is 0 Å². The first-order valence-corrected chi connectivity index (χ1v) is 5.50. The molecule has 0 bridgehead atoms. The third kappa shape index (κ3) is 3.28. The summed E-state index contributed by atoms with van der Waals surface area (Å²) in [6, 6.07) is 0. The molecule has 1 aliphatic carbocycles. The van der Waals surface area contributed by atoms with Gasteiger partial charge in [0.1, 0.15) is 0 Å². The van der Waals surface area contributed by atoms with Gasteiger partial charge >= 0.3 is 0 Å². The van der Waals surface area contributed by atoms with Gasteiger partial charge in [0.25, 0.3) is 0 Å². The number of methoxy groups -OCH3 is 1. The van der Waals surface area contributed by atoms with Crippen molar-refractivity contribution in [3.05, 3.63) is 0 Å². The third-order valence-electron chi connectivity index (χ3n) is 3.41. The average molecular weight is 185 g/mol. The summed E-state index contributed by atoms with van der Waals surface area (Å²) in [7, 11) is 1.78. The van der Waals surface area contributed by atoms with E-state index in [-0.39, 0.29) is 0 Å². The van der Waals surface area contributed by atoms with E-state index in [2.05, 4.69) is 6.92 Å².